The molecular formula is C30H39N3O4. The first-order valence-electron chi connectivity index (χ1n) is 13.2. The van der Waals surface area contributed by atoms with E-state index in [9.17, 15) is 9.59 Å². The van der Waals surface area contributed by atoms with Crippen molar-refractivity contribution in [2.24, 2.45) is 11.8 Å². The number of benzene rings is 2. The number of fused-ring (bicyclic) bond motifs is 3. The van der Waals surface area contributed by atoms with Crippen LogP contribution in [0.4, 0.5) is 0 Å². The fourth-order valence-electron chi connectivity index (χ4n) is 5.18. The molecule has 1 saturated heterocycles. The van der Waals surface area contributed by atoms with E-state index < -0.39 is 0 Å². The molecule has 2 atom stereocenters. The first kappa shape index (κ1) is 26.7. The standard InChI is InChI=1S/C30H39N3O4/c1-22(2)31-29(34)17-24-14-15-33-20-25(24)8-6-16-37-28-9-5-4-7-26(28)19-32(21-30(33)35)18-23-10-12-27(36-3)13-11-23/h4-13,22,24-25H,14-21H2,1-3H3,(H,31,34)/b8-6+/t24-,25-/m0/s1. The number of piperidine rings is 1. The molecule has 2 aromatic rings. The van der Waals surface area contributed by atoms with Gasteiger partial charge in [0.05, 0.1) is 13.7 Å². The van der Waals surface area contributed by atoms with Gasteiger partial charge in [-0.15, -0.1) is 0 Å². The number of hydrogen-bond donors (Lipinski definition) is 1. The van der Waals surface area contributed by atoms with E-state index in [0.29, 0.717) is 45.8 Å². The number of para-hydroxylation sites is 1. The first-order valence-corrected chi connectivity index (χ1v) is 13.2. The molecule has 7 nitrogen and oxygen atoms in total. The molecule has 2 heterocycles. The van der Waals surface area contributed by atoms with Crippen molar-refractivity contribution in [1.29, 1.82) is 0 Å². The Kier molecular flexibility index (Phi) is 9.23. The van der Waals surface area contributed by atoms with Gasteiger partial charge in [0.15, 0.2) is 0 Å². The van der Waals surface area contributed by atoms with E-state index >= 15 is 0 Å². The lowest BCUT2D eigenvalue weighted by molar-refractivity contribution is -0.135. The predicted octanol–water partition coefficient (Wildman–Crippen LogP) is 4.03. The van der Waals surface area contributed by atoms with Crippen LogP contribution in [0.3, 0.4) is 0 Å². The average molecular weight is 506 g/mol. The van der Waals surface area contributed by atoms with Crippen molar-refractivity contribution in [3.8, 4) is 11.5 Å². The molecule has 2 aromatic carbocycles. The molecule has 7 heteroatoms. The minimum absolute atomic E-state index is 0.0759. The molecule has 0 saturated carbocycles. The van der Waals surface area contributed by atoms with Gasteiger partial charge < -0.3 is 19.7 Å². The van der Waals surface area contributed by atoms with Gasteiger partial charge in [0.2, 0.25) is 11.8 Å². The zero-order valence-electron chi connectivity index (χ0n) is 22.2. The summed E-state index contributed by atoms with van der Waals surface area (Å²) in [6.07, 6.45) is 5.46. The summed E-state index contributed by atoms with van der Waals surface area (Å²) >= 11 is 0. The average Bonchev–Trinajstić information content (AvgIpc) is 2.88. The van der Waals surface area contributed by atoms with Gasteiger partial charge >= 0.3 is 0 Å². The highest BCUT2D eigenvalue weighted by Crippen LogP contribution is 2.29. The third-order valence-corrected chi connectivity index (χ3v) is 7.07. The van der Waals surface area contributed by atoms with E-state index in [1.807, 2.05) is 67.3 Å². The highest BCUT2D eigenvalue weighted by Gasteiger charge is 2.32. The van der Waals surface area contributed by atoms with Crippen LogP contribution in [-0.2, 0) is 22.7 Å². The number of amides is 2. The number of carbonyl (C=O) groups excluding carboxylic acids is 2. The van der Waals surface area contributed by atoms with Gasteiger partial charge in [0.1, 0.15) is 18.1 Å². The summed E-state index contributed by atoms with van der Waals surface area (Å²) < 4.78 is 11.5. The molecule has 2 aliphatic heterocycles. The van der Waals surface area contributed by atoms with E-state index in [1.54, 1.807) is 7.11 Å². The van der Waals surface area contributed by atoms with Crippen LogP contribution in [0.25, 0.3) is 0 Å². The Morgan fingerprint density at radius 3 is 2.68 bits per heavy atom. The van der Waals surface area contributed by atoms with Gasteiger partial charge in [-0.25, -0.2) is 0 Å². The maximum absolute atomic E-state index is 13.5. The van der Waals surface area contributed by atoms with Crippen molar-refractivity contribution < 1.29 is 19.1 Å². The van der Waals surface area contributed by atoms with Crippen LogP contribution in [-0.4, -0.2) is 61.0 Å². The monoisotopic (exact) mass is 505 g/mol. The molecular weight excluding hydrogens is 466 g/mol. The minimum Gasteiger partial charge on any atom is -0.497 e. The summed E-state index contributed by atoms with van der Waals surface area (Å²) in [5, 5.41) is 3.01. The summed E-state index contributed by atoms with van der Waals surface area (Å²) in [7, 11) is 1.66. The van der Waals surface area contributed by atoms with Crippen LogP contribution in [0.5, 0.6) is 11.5 Å². The molecule has 2 bridgehead atoms. The Labute approximate surface area is 220 Å². The van der Waals surface area contributed by atoms with Gasteiger partial charge in [-0.2, -0.15) is 0 Å². The highest BCUT2D eigenvalue weighted by molar-refractivity contribution is 5.79. The highest BCUT2D eigenvalue weighted by atomic mass is 16.5. The van der Waals surface area contributed by atoms with Crippen molar-refractivity contribution in [2.45, 2.75) is 45.8 Å². The molecule has 2 aliphatic rings. The largest absolute Gasteiger partial charge is 0.497 e. The number of methoxy groups -OCH3 is 1. The fraction of sp³-hybridized carbons (Fsp3) is 0.467. The van der Waals surface area contributed by atoms with Crippen LogP contribution in [0, 0.1) is 11.8 Å². The Bertz CT molecular complexity index is 1080. The molecule has 0 spiro atoms. The molecule has 0 radical (unpaired) electrons. The lowest BCUT2D eigenvalue weighted by Crippen LogP contribution is -2.48. The van der Waals surface area contributed by atoms with E-state index in [4.69, 9.17) is 9.47 Å². The number of nitrogens with zero attached hydrogens (tertiary/aromatic N) is 2. The molecule has 2 amide bonds. The number of ether oxygens (including phenoxy) is 2. The third-order valence-electron chi connectivity index (χ3n) is 7.07. The Balaban J connectivity index is 1.55. The summed E-state index contributed by atoms with van der Waals surface area (Å²) in [6.45, 7) is 7.25. The molecule has 0 aliphatic carbocycles. The van der Waals surface area contributed by atoms with E-state index in [-0.39, 0.29) is 29.7 Å². The maximum Gasteiger partial charge on any atom is 0.236 e. The molecule has 1 N–H and O–H groups in total. The summed E-state index contributed by atoms with van der Waals surface area (Å²) in [6, 6.07) is 16.1. The second-order valence-electron chi connectivity index (χ2n) is 10.3. The van der Waals surface area contributed by atoms with Crippen LogP contribution in [0.15, 0.2) is 60.7 Å². The lowest BCUT2D eigenvalue weighted by Gasteiger charge is -2.38. The Morgan fingerprint density at radius 1 is 1.14 bits per heavy atom. The van der Waals surface area contributed by atoms with Gasteiger partial charge in [-0.3, -0.25) is 14.5 Å². The second-order valence-corrected chi connectivity index (χ2v) is 10.3. The van der Waals surface area contributed by atoms with Gasteiger partial charge in [0, 0.05) is 44.2 Å². The van der Waals surface area contributed by atoms with Gasteiger partial charge in [-0.1, -0.05) is 42.5 Å². The van der Waals surface area contributed by atoms with Crippen LogP contribution < -0.4 is 14.8 Å². The molecule has 1 fully saturated rings. The normalized spacial score (nSPS) is 21.6. The van der Waals surface area contributed by atoms with E-state index in [0.717, 1.165) is 29.0 Å². The molecule has 0 unspecified atom stereocenters. The maximum atomic E-state index is 13.5. The zero-order chi connectivity index (χ0) is 26.2. The van der Waals surface area contributed by atoms with E-state index in [1.165, 1.54) is 0 Å². The fourth-order valence-corrected chi connectivity index (χ4v) is 5.18. The Morgan fingerprint density at radius 2 is 1.92 bits per heavy atom. The van der Waals surface area contributed by atoms with Gasteiger partial charge in [0.25, 0.3) is 0 Å². The third kappa shape index (κ3) is 7.59. The number of carbonyl (C=O) groups is 2. The quantitative estimate of drug-likeness (QED) is 0.601. The van der Waals surface area contributed by atoms with Crippen LogP contribution in [0.1, 0.15) is 37.8 Å². The molecule has 198 valence electrons. The van der Waals surface area contributed by atoms with Crippen molar-refractivity contribution in [3.05, 3.63) is 71.8 Å². The van der Waals surface area contributed by atoms with Crippen molar-refractivity contribution in [1.82, 2.24) is 15.1 Å². The van der Waals surface area contributed by atoms with Crippen LogP contribution in [0.2, 0.25) is 0 Å². The summed E-state index contributed by atoms with van der Waals surface area (Å²) in [5.41, 5.74) is 2.17. The Hall–Kier alpha value is -3.32. The zero-order valence-corrected chi connectivity index (χ0v) is 22.2. The second kappa shape index (κ2) is 12.8. The molecule has 37 heavy (non-hydrogen) atoms. The topological polar surface area (TPSA) is 71.1 Å². The SMILES string of the molecule is COc1ccc(CN2CC(=O)N3CC[C@@H](CC(=O)NC(C)C)[C@@H](/C=C/COc4ccccc4C2)C3)cc1. The van der Waals surface area contributed by atoms with E-state index in [2.05, 4.69) is 22.4 Å². The summed E-state index contributed by atoms with van der Waals surface area (Å²) in [5.74, 6) is 2.15. The van der Waals surface area contributed by atoms with Crippen molar-refractivity contribution >= 4 is 11.8 Å². The van der Waals surface area contributed by atoms with Crippen molar-refractivity contribution in [2.75, 3.05) is 33.4 Å². The number of hydrogen-bond acceptors (Lipinski definition) is 5. The van der Waals surface area contributed by atoms with Crippen LogP contribution >= 0.6 is 0 Å². The van der Waals surface area contributed by atoms with Gasteiger partial charge in [-0.05, 0) is 55.9 Å². The number of rotatable bonds is 6. The molecule has 0 aromatic heterocycles. The predicted molar refractivity (Wildman–Crippen MR) is 144 cm³/mol. The first-order chi connectivity index (χ1) is 17.9. The smallest absolute Gasteiger partial charge is 0.236 e. The minimum atomic E-state index is 0.0759. The summed E-state index contributed by atoms with van der Waals surface area (Å²) in [4.78, 5) is 30.2. The molecule has 4 rings (SSSR count). The van der Waals surface area contributed by atoms with Crippen molar-refractivity contribution in [3.63, 3.8) is 0 Å². The number of nitrogens with one attached hydrogen (secondary N) is 1. The lowest BCUT2D eigenvalue weighted by atomic mass is 9.82.